The number of amides is 1. The molecule has 0 atom stereocenters. The third kappa shape index (κ3) is 3.40. The summed E-state index contributed by atoms with van der Waals surface area (Å²) in [5, 5.41) is 3.14. The maximum absolute atomic E-state index is 11.0. The summed E-state index contributed by atoms with van der Waals surface area (Å²) in [4.78, 5) is 11.0. The van der Waals surface area contributed by atoms with E-state index in [0.29, 0.717) is 13.1 Å². The predicted molar refractivity (Wildman–Crippen MR) is 58.1 cm³/mol. The van der Waals surface area contributed by atoms with Crippen molar-refractivity contribution < 1.29 is 9.21 Å². The molecule has 1 amide bonds. The molecule has 0 fully saturated rings. The van der Waals surface area contributed by atoms with Crippen LogP contribution in [-0.4, -0.2) is 12.5 Å². The highest BCUT2D eigenvalue weighted by molar-refractivity contribution is 5.80. The number of furan rings is 1. The van der Waals surface area contributed by atoms with Gasteiger partial charge < -0.3 is 15.5 Å². The third-order valence-electron chi connectivity index (χ3n) is 2.33. The van der Waals surface area contributed by atoms with Crippen molar-refractivity contribution in [1.82, 2.24) is 5.32 Å². The number of carbonyl (C=O) groups excluding carboxylic acids is 1. The molecule has 0 saturated carbocycles. The van der Waals surface area contributed by atoms with Gasteiger partial charge in [-0.2, -0.15) is 0 Å². The normalized spacial score (nSPS) is 11.7. The molecule has 0 unspecified atom stereocenters. The summed E-state index contributed by atoms with van der Waals surface area (Å²) in [5.74, 6) is 1.46. The topological polar surface area (TPSA) is 68.3 Å². The second kappa shape index (κ2) is 4.49. The van der Waals surface area contributed by atoms with Crippen LogP contribution in [0.15, 0.2) is 16.5 Å². The average Bonchev–Trinajstić information content (AvgIpc) is 2.51. The Kier molecular flexibility index (Phi) is 3.52. The SMILES string of the molecule is Cc1ccc(CNCC(C)(C)C(N)=O)o1. The van der Waals surface area contributed by atoms with Crippen molar-refractivity contribution in [2.75, 3.05) is 6.54 Å². The smallest absolute Gasteiger partial charge is 0.224 e. The van der Waals surface area contributed by atoms with E-state index in [9.17, 15) is 4.79 Å². The van der Waals surface area contributed by atoms with Gasteiger partial charge in [0.1, 0.15) is 11.5 Å². The Hall–Kier alpha value is -1.29. The van der Waals surface area contributed by atoms with Gasteiger partial charge in [0, 0.05) is 6.54 Å². The number of primary amides is 1. The van der Waals surface area contributed by atoms with Crippen LogP contribution in [-0.2, 0) is 11.3 Å². The number of nitrogens with one attached hydrogen (secondary N) is 1. The van der Waals surface area contributed by atoms with Crippen molar-refractivity contribution in [3.05, 3.63) is 23.7 Å². The molecule has 0 aromatic carbocycles. The van der Waals surface area contributed by atoms with Gasteiger partial charge in [-0.25, -0.2) is 0 Å². The summed E-state index contributed by atoms with van der Waals surface area (Å²) in [5.41, 5.74) is 4.73. The zero-order valence-corrected chi connectivity index (χ0v) is 9.46. The summed E-state index contributed by atoms with van der Waals surface area (Å²) in [7, 11) is 0. The van der Waals surface area contributed by atoms with Crippen LogP contribution in [0.1, 0.15) is 25.4 Å². The number of hydrogen-bond donors (Lipinski definition) is 2. The first-order valence-electron chi connectivity index (χ1n) is 4.98. The summed E-state index contributed by atoms with van der Waals surface area (Å²) in [6.07, 6.45) is 0. The van der Waals surface area contributed by atoms with Crippen molar-refractivity contribution in [3.63, 3.8) is 0 Å². The minimum absolute atomic E-state index is 0.300. The van der Waals surface area contributed by atoms with E-state index < -0.39 is 5.41 Å². The van der Waals surface area contributed by atoms with E-state index in [1.165, 1.54) is 0 Å². The molecule has 0 aliphatic carbocycles. The molecule has 4 nitrogen and oxygen atoms in total. The van der Waals surface area contributed by atoms with Gasteiger partial charge in [0.2, 0.25) is 5.91 Å². The highest BCUT2D eigenvalue weighted by Gasteiger charge is 2.24. The highest BCUT2D eigenvalue weighted by atomic mass is 16.3. The van der Waals surface area contributed by atoms with Gasteiger partial charge >= 0.3 is 0 Å². The average molecular weight is 210 g/mol. The number of carbonyl (C=O) groups is 1. The lowest BCUT2D eigenvalue weighted by Crippen LogP contribution is -2.40. The number of nitrogens with two attached hydrogens (primary N) is 1. The van der Waals surface area contributed by atoms with Gasteiger partial charge in [-0.3, -0.25) is 4.79 Å². The minimum Gasteiger partial charge on any atom is -0.465 e. The van der Waals surface area contributed by atoms with Crippen LogP contribution < -0.4 is 11.1 Å². The van der Waals surface area contributed by atoms with Crippen LogP contribution in [0.3, 0.4) is 0 Å². The van der Waals surface area contributed by atoms with E-state index in [0.717, 1.165) is 11.5 Å². The predicted octanol–water partition coefficient (Wildman–Crippen LogP) is 1.19. The molecule has 1 rings (SSSR count). The van der Waals surface area contributed by atoms with Crippen molar-refractivity contribution in [2.45, 2.75) is 27.3 Å². The zero-order valence-electron chi connectivity index (χ0n) is 9.46. The van der Waals surface area contributed by atoms with E-state index in [1.807, 2.05) is 32.9 Å². The van der Waals surface area contributed by atoms with Crippen LogP contribution in [0.5, 0.6) is 0 Å². The molecule has 1 aromatic heterocycles. The number of hydrogen-bond acceptors (Lipinski definition) is 3. The molecule has 1 aromatic rings. The zero-order chi connectivity index (χ0) is 11.5. The second-order valence-electron chi connectivity index (χ2n) is 4.36. The molecule has 0 aliphatic heterocycles. The molecule has 0 saturated heterocycles. The molecular weight excluding hydrogens is 192 g/mol. The Morgan fingerprint density at radius 3 is 2.67 bits per heavy atom. The minimum atomic E-state index is -0.526. The van der Waals surface area contributed by atoms with E-state index in [1.54, 1.807) is 0 Å². The molecule has 0 radical (unpaired) electrons. The molecule has 15 heavy (non-hydrogen) atoms. The molecule has 3 N–H and O–H groups in total. The maximum atomic E-state index is 11.0. The molecular formula is C11H18N2O2. The molecule has 0 bridgehead atoms. The van der Waals surface area contributed by atoms with Gasteiger partial charge in [0.25, 0.3) is 0 Å². The lowest BCUT2D eigenvalue weighted by atomic mass is 9.93. The lowest BCUT2D eigenvalue weighted by Gasteiger charge is -2.20. The fraction of sp³-hybridized carbons (Fsp3) is 0.545. The largest absolute Gasteiger partial charge is 0.465 e. The standard InChI is InChI=1S/C11H18N2O2/c1-8-4-5-9(15-8)6-13-7-11(2,3)10(12)14/h4-5,13H,6-7H2,1-3H3,(H2,12,14). The summed E-state index contributed by atoms with van der Waals surface area (Å²) >= 11 is 0. The van der Waals surface area contributed by atoms with E-state index >= 15 is 0 Å². The van der Waals surface area contributed by atoms with Crippen LogP contribution in [0.2, 0.25) is 0 Å². The van der Waals surface area contributed by atoms with Crippen molar-refractivity contribution in [3.8, 4) is 0 Å². The van der Waals surface area contributed by atoms with Crippen LogP contribution >= 0.6 is 0 Å². The van der Waals surface area contributed by atoms with E-state index in [-0.39, 0.29) is 5.91 Å². The van der Waals surface area contributed by atoms with E-state index in [4.69, 9.17) is 10.2 Å². The monoisotopic (exact) mass is 210 g/mol. The van der Waals surface area contributed by atoms with Crippen molar-refractivity contribution >= 4 is 5.91 Å². The Morgan fingerprint density at radius 2 is 2.20 bits per heavy atom. The Morgan fingerprint density at radius 1 is 1.53 bits per heavy atom. The Bertz CT molecular complexity index is 342. The third-order valence-corrected chi connectivity index (χ3v) is 2.33. The van der Waals surface area contributed by atoms with Gasteiger partial charge in [-0.1, -0.05) is 0 Å². The van der Waals surface area contributed by atoms with Crippen LogP contribution in [0, 0.1) is 12.3 Å². The van der Waals surface area contributed by atoms with E-state index in [2.05, 4.69) is 5.32 Å². The molecule has 0 aliphatic rings. The van der Waals surface area contributed by atoms with Crippen molar-refractivity contribution in [1.29, 1.82) is 0 Å². The fourth-order valence-electron chi connectivity index (χ4n) is 1.17. The summed E-state index contributed by atoms with van der Waals surface area (Å²) < 4.78 is 5.38. The first-order valence-corrected chi connectivity index (χ1v) is 4.98. The van der Waals surface area contributed by atoms with Crippen molar-refractivity contribution in [2.24, 2.45) is 11.1 Å². The quantitative estimate of drug-likeness (QED) is 0.767. The molecule has 0 spiro atoms. The molecule has 84 valence electrons. The first kappa shape index (κ1) is 11.8. The van der Waals surface area contributed by atoms with Gasteiger partial charge in [0.15, 0.2) is 0 Å². The summed E-state index contributed by atoms with van der Waals surface area (Å²) in [6, 6.07) is 3.83. The van der Waals surface area contributed by atoms with Gasteiger partial charge in [-0.15, -0.1) is 0 Å². The maximum Gasteiger partial charge on any atom is 0.224 e. The van der Waals surface area contributed by atoms with Crippen LogP contribution in [0.4, 0.5) is 0 Å². The first-order chi connectivity index (χ1) is 6.92. The summed E-state index contributed by atoms with van der Waals surface area (Å²) in [6.45, 7) is 6.69. The number of aryl methyl sites for hydroxylation is 1. The Labute approximate surface area is 89.8 Å². The van der Waals surface area contributed by atoms with Crippen LogP contribution in [0.25, 0.3) is 0 Å². The highest BCUT2D eigenvalue weighted by Crippen LogP contribution is 2.12. The second-order valence-corrected chi connectivity index (χ2v) is 4.36. The molecule has 4 heteroatoms. The van der Waals surface area contributed by atoms with Gasteiger partial charge in [0.05, 0.1) is 12.0 Å². The van der Waals surface area contributed by atoms with Gasteiger partial charge in [-0.05, 0) is 32.9 Å². The Balaban J connectivity index is 2.36. The number of rotatable bonds is 5. The lowest BCUT2D eigenvalue weighted by molar-refractivity contribution is -0.125. The molecule has 1 heterocycles. The fourth-order valence-corrected chi connectivity index (χ4v) is 1.17.